The van der Waals surface area contributed by atoms with Crippen molar-refractivity contribution in [3.05, 3.63) is 17.2 Å². The molecule has 0 unspecified atom stereocenters. The van der Waals surface area contributed by atoms with Crippen molar-refractivity contribution in [1.82, 2.24) is 20.4 Å². The molecule has 1 aromatic heterocycles. The lowest BCUT2D eigenvalue weighted by molar-refractivity contribution is -0.141. The number of imide groups is 1. The molecule has 1 aliphatic heterocycles. The lowest BCUT2D eigenvalue weighted by atomic mass is 9.85. The Morgan fingerprint density at radius 3 is 2.37 bits per heavy atom. The Balaban J connectivity index is 1.28. The molecule has 12 heteroatoms. The second kappa shape index (κ2) is 6.29. The predicted octanol–water partition coefficient (Wildman–Crippen LogP) is 1.49. The second-order valence-corrected chi connectivity index (χ2v) is 7.60. The number of carbonyl (C=O) groups is 3. The van der Waals surface area contributed by atoms with Gasteiger partial charge in [-0.15, -0.1) is 10.2 Å². The largest absolute Gasteiger partial charge is 0.445 e. The summed E-state index contributed by atoms with van der Waals surface area (Å²) in [5.41, 5.74) is 0. The zero-order valence-electron chi connectivity index (χ0n) is 13.7. The van der Waals surface area contributed by atoms with Gasteiger partial charge < -0.3 is 5.32 Å². The molecule has 2 heterocycles. The average molecular weight is 401 g/mol. The molecule has 1 saturated carbocycles. The van der Waals surface area contributed by atoms with Crippen molar-refractivity contribution < 1.29 is 27.6 Å². The zero-order valence-corrected chi connectivity index (χ0v) is 14.5. The summed E-state index contributed by atoms with van der Waals surface area (Å²) < 4.78 is 37.3. The van der Waals surface area contributed by atoms with Crippen LogP contribution in [0.3, 0.4) is 0 Å². The molecule has 2 aliphatic carbocycles. The standard InChI is InChI=1S/C15H14F3N5O3S/c16-15(17,18)12-21-22-14(27-12)20-13(26)19-3-4-23-10(24)8-6-1-2-7(5-6)9(8)11(23)25/h1-2,6-9H,3-5H2,(H2,19,20,22,26)/t6-,7-,8-,9-/m0/s1. The Labute approximate surface area is 154 Å². The molecule has 1 saturated heterocycles. The normalized spacial score (nSPS) is 28.8. The number of amides is 4. The van der Waals surface area contributed by atoms with Gasteiger partial charge >= 0.3 is 12.2 Å². The monoisotopic (exact) mass is 401 g/mol. The van der Waals surface area contributed by atoms with Crippen molar-refractivity contribution in [1.29, 1.82) is 0 Å². The summed E-state index contributed by atoms with van der Waals surface area (Å²) >= 11 is 0.201. The van der Waals surface area contributed by atoms with Crippen LogP contribution in [0.15, 0.2) is 12.2 Å². The minimum atomic E-state index is -4.63. The number of nitrogens with zero attached hydrogens (tertiary/aromatic N) is 3. The Morgan fingerprint density at radius 1 is 1.19 bits per heavy atom. The van der Waals surface area contributed by atoms with E-state index >= 15 is 0 Å². The van der Waals surface area contributed by atoms with E-state index in [2.05, 4.69) is 20.8 Å². The molecule has 0 aromatic carbocycles. The first-order valence-corrected chi connectivity index (χ1v) is 9.06. The summed E-state index contributed by atoms with van der Waals surface area (Å²) in [5, 5.41) is 9.27. The van der Waals surface area contributed by atoms with E-state index in [9.17, 15) is 27.6 Å². The van der Waals surface area contributed by atoms with Crippen LogP contribution in [0.5, 0.6) is 0 Å². The van der Waals surface area contributed by atoms with Crippen molar-refractivity contribution in [3.8, 4) is 0 Å². The van der Waals surface area contributed by atoms with Crippen LogP contribution in [0, 0.1) is 23.7 Å². The van der Waals surface area contributed by atoms with Gasteiger partial charge in [-0.25, -0.2) is 4.79 Å². The lowest BCUT2D eigenvalue weighted by Gasteiger charge is -2.17. The number of hydrogen-bond donors (Lipinski definition) is 2. The molecular weight excluding hydrogens is 387 g/mol. The van der Waals surface area contributed by atoms with Crippen molar-refractivity contribution in [2.24, 2.45) is 23.7 Å². The van der Waals surface area contributed by atoms with Crippen LogP contribution in [0.25, 0.3) is 0 Å². The quantitative estimate of drug-likeness (QED) is 0.588. The van der Waals surface area contributed by atoms with Crippen molar-refractivity contribution >= 4 is 34.3 Å². The van der Waals surface area contributed by atoms with Gasteiger partial charge in [-0.1, -0.05) is 23.5 Å². The molecule has 144 valence electrons. The topological polar surface area (TPSA) is 104 Å². The fourth-order valence-electron chi connectivity index (χ4n) is 4.00. The molecular formula is C15H14F3N5O3S. The zero-order chi connectivity index (χ0) is 19.3. The Hall–Kier alpha value is -2.50. The van der Waals surface area contributed by atoms with Gasteiger partial charge in [0.15, 0.2) is 0 Å². The first-order chi connectivity index (χ1) is 12.8. The smallest absolute Gasteiger partial charge is 0.336 e. The number of carbonyl (C=O) groups excluding carboxylic acids is 3. The van der Waals surface area contributed by atoms with E-state index in [0.29, 0.717) is 0 Å². The van der Waals surface area contributed by atoms with Gasteiger partial charge in [-0.05, 0) is 18.3 Å². The summed E-state index contributed by atoms with van der Waals surface area (Å²) in [4.78, 5) is 37.9. The van der Waals surface area contributed by atoms with Crippen LogP contribution in [0.1, 0.15) is 11.4 Å². The fourth-order valence-corrected chi connectivity index (χ4v) is 4.60. The van der Waals surface area contributed by atoms with Gasteiger partial charge in [0.05, 0.1) is 11.8 Å². The molecule has 4 amide bonds. The molecule has 2 fully saturated rings. The number of urea groups is 1. The van der Waals surface area contributed by atoms with Crippen molar-refractivity contribution in [2.75, 3.05) is 18.4 Å². The number of allylic oxidation sites excluding steroid dienone is 2. The number of aromatic nitrogens is 2. The number of anilines is 1. The Bertz CT molecular complexity index is 809. The molecule has 3 aliphatic rings. The van der Waals surface area contributed by atoms with Crippen LogP contribution in [0.4, 0.5) is 23.1 Å². The summed E-state index contributed by atoms with van der Waals surface area (Å²) in [7, 11) is 0. The first-order valence-electron chi connectivity index (χ1n) is 8.25. The highest BCUT2D eigenvalue weighted by Gasteiger charge is 2.58. The number of hydrogen-bond acceptors (Lipinski definition) is 6. The molecule has 27 heavy (non-hydrogen) atoms. The van der Waals surface area contributed by atoms with Gasteiger partial charge in [0, 0.05) is 13.1 Å². The number of alkyl halides is 3. The van der Waals surface area contributed by atoms with E-state index in [4.69, 9.17) is 0 Å². The molecule has 2 N–H and O–H groups in total. The molecule has 0 spiro atoms. The molecule has 0 radical (unpaired) electrons. The van der Waals surface area contributed by atoms with Gasteiger partial charge in [-0.2, -0.15) is 13.2 Å². The molecule has 1 aromatic rings. The third kappa shape index (κ3) is 3.07. The first kappa shape index (κ1) is 17.9. The lowest BCUT2D eigenvalue weighted by Crippen LogP contribution is -2.40. The van der Waals surface area contributed by atoms with Crippen molar-refractivity contribution in [3.63, 3.8) is 0 Å². The number of nitrogens with one attached hydrogen (secondary N) is 2. The number of likely N-dealkylation sites (tertiary alicyclic amines) is 1. The Kier molecular flexibility index (Phi) is 4.17. The maximum absolute atomic E-state index is 12.5. The predicted molar refractivity (Wildman–Crippen MR) is 86.4 cm³/mol. The van der Waals surface area contributed by atoms with Gasteiger partial charge in [0.1, 0.15) is 0 Å². The van der Waals surface area contributed by atoms with Crippen LogP contribution in [-0.4, -0.2) is 46.0 Å². The van der Waals surface area contributed by atoms with Gasteiger partial charge in [-0.3, -0.25) is 19.8 Å². The summed E-state index contributed by atoms with van der Waals surface area (Å²) in [6.45, 7) is -0.00209. The summed E-state index contributed by atoms with van der Waals surface area (Å²) in [5.74, 6) is -0.825. The van der Waals surface area contributed by atoms with E-state index in [1.807, 2.05) is 12.2 Å². The number of rotatable bonds is 4. The molecule has 2 bridgehead atoms. The molecule has 4 rings (SSSR count). The third-order valence-electron chi connectivity index (χ3n) is 5.07. The summed E-state index contributed by atoms with van der Waals surface area (Å²) in [6, 6.07) is -0.791. The van der Waals surface area contributed by atoms with E-state index in [-0.39, 0.29) is 65.0 Å². The van der Waals surface area contributed by atoms with Crippen LogP contribution >= 0.6 is 11.3 Å². The summed E-state index contributed by atoms with van der Waals surface area (Å²) in [6.07, 6.45) is 0.187. The van der Waals surface area contributed by atoms with E-state index in [0.717, 1.165) is 11.3 Å². The fraction of sp³-hybridized carbons (Fsp3) is 0.533. The maximum atomic E-state index is 12.5. The van der Waals surface area contributed by atoms with Crippen molar-refractivity contribution in [2.45, 2.75) is 12.6 Å². The molecule has 8 nitrogen and oxygen atoms in total. The Morgan fingerprint density at radius 2 is 1.81 bits per heavy atom. The van der Waals surface area contributed by atoms with Crippen LogP contribution in [-0.2, 0) is 15.8 Å². The number of fused-ring (bicyclic) bond motifs is 5. The third-order valence-corrected chi connectivity index (χ3v) is 5.95. The van der Waals surface area contributed by atoms with E-state index < -0.39 is 17.2 Å². The number of halogens is 3. The highest BCUT2D eigenvalue weighted by molar-refractivity contribution is 7.15. The highest BCUT2D eigenvalue weighted by atomic mass is 32.1. The molecule has 4 atom stereocenters. The maximum Gasteiger partial charge on any atom is 0.445 e. The van der Waals surface area contributed by atoms with Crippen LogP contribution in [0.2, 0.25) is 0 Å². The van der Waals surface area contributed by atoms with E-state index in [1.54, 1.807) is 0 Å². The minimum absolute atomic E-state index is 0.0153. The average Bonchev–Trinajstić information content (AvgIpc) is 3.34. The van der Waals surface area contributed by atoms with Crippen LogP contribution < -0.4 is 10.6 Å². The van der Waals surface area contributed by atoms with Gasteiger partial charge in [0.25, 0.3) is 0 Å². The minimum Gasteiger partial charge on any atom is -0.336 e. The van der Waals surface area contributed by atoms with Gasteiger partial charge in [0.2, 0.25) is 22.0 Å². The second-order valence-electron chi connectivity index (χ2n) is 6.62. The van der Waals surface area contributed by atoms with E-state index in [1.165, 1.54) is 0 Å². The SMILES string of the molecule is O=C(NCCN1C(=O)[C@@H]2[C@@H](C1=O)[C@H]1C=C[C@H]2C1)Nc1nnc(C(F)(F)F)s1. The highest BCUT2D eigenvalue weighted by Crippen LogP contribution is 2.52.